The van der Waals surface area contributed by atoms with E-state index in [-0.39, 0.29) is 18.2 Å². The van der Waals surface area contributed by atoms with Gasteiger partial charge in [-0.25, -0.2) is 19.3 Å². The molecule has 0 saturated carbocycles. The third kappa shape index (κ3) is 5.18. The lowest BCUT2D eigenvalue weighted by Gasteiger charge is -2.11. The summed E-state index contributed by atoms with van der Waals surface area (Å²) in [6.45, 7) is 8.98. The Morgan fingerprint density at radius 1 is 1.22 bits per heavy atom. The molecule has 9 nitrogen and oxygen atoms in total. The van der Waals surface area contributed by atoms with Crippen LogP contribution in [0.25, 0.3) is 22.3 Å². The van der Waals surface area contributed by atoms with Crippen LogP contribution in [0.2, 0.25) is 0 Å². The number of nitrogens with zero attached hydrogens (tertiary/aromatic N) is 3. The Balaban J connectivity index is 1.88. The smallest absolute Gasteiger partial charge is 0.339 e. The Morgan fingerprint density at radius 3 is 2.59 bits per heavy atom. The van der Waals surface area contributed by atoms with Crippen molar-refractivity contribution in [3.05, 3.63) is 60.3 Å². The molecule has 3 rings (SSSR count). The van der Waals surface area contributed by atoms with E-state index in [2.05, 4.69) is 22.3 Å². The quantitative estimate of drug-likeness (QED) is 0.435. The van der Waals surface area contributed by atoms with Crippen molar-refractivity contribution < 1.29 is 19.1 Å². The number of rotatable bonds is 7. The monoisotopic (exact) mass is 435 g/mol. The number of hydrogen-bond donors (Lipinski definition) is 2. The molecule has 0 aliphatic rings. The molecule has 2 N–H and O–H groups in total. The maximum atomic E-state index is 12.9. The largest absolute Gasteiger partial charge is 0.452 e. The third-order valence-electron chi connectivity index (χ3n) is 4.62. The van der Waals surface area contributed by atoms with E-state index in [0.29, 0.717) is 16.7 Å². The number of carbonyl (C=O) groups excluding carboxylic acids is 3. The summed E-state index contributed by atoms with van der Waals surface area (Å²) in [5.74, 6) is -1.46. The van der Waals surface area contributed by atoms with Crippen molar-refractivity contribution in [2.45, 2.75) is 26.8 Å². The number of benzene rings is 1. The number of pyridine rings is 1. The van der Waals surface area contributed by atoms with E-state index in [9.17, 15) is 14.4 Å². The number of hydrogen-bond acceptors (Lipinski definition) is 6. The number of nitrogens with one attached hydrogen (secondary N) is 2. The second-order valence-electron chi connectivity index (χ2n) is 7.46. The zero-order chi connectivity index (χ0) is 23.3. The highest BCUT2D eigenvalue weighted by molar-refractivity contribution is 6.04. The normalized spacial score (nSPS) is 10.8. The highest BCUT2D eigenvalue weighted by Crippen LogP contribution is 2.27. The van der Waals surface area contributed by atoms with Crippen molar-refractivity contribution in [3.63, 3.8) is 0 Å². The number of carbonyl (C=O) groups is 3. The molecule has 0 atom stereocenters. The fourth-order valence-corrected chi connectivity index (χ4v) is 3.02. The standard InChI is InChI=1S/C23H25N5O4/c1-5-10-24-23(31)27-20(29)13-32-22(30)17-11-19(16-8-6-15(4)7-9-16)26-21-18(17)12-25-28(21)14(2)3/h5-9,11-12,14H,1,10,13H2,2-4H3,(H2,24,27,29,31). The molecular weight excluding hydrogens is 410 g/mol. The van der Waals surface area contributed by atoms with Gasteiger partial charge < -0.3 is 10.1 Å². The number of urea groups is 1. The Morgan fingerprint density at radius 2 is 1.94 bits per heavy atom. The lowest BCUT2D eigenvalue weighted by molar-refractivity contribution is -0.123. The van der Waals surface area contributed by atoms with E-state index in [4.69, 9.17) is 9.72 Å². The fourth-order valence-electron chi connectivity index (χ4n) is 3.02. The van der Waals surface area contributed by atoms with Gasteiger partial charge in [-0.3, -0.25) is 10.1 Å². The maximum Gasteiger partial charge on any atom is 0.339 e. The van der Waals surface area contributed by atoms with Gasteiger partial charge in [-0.05, 0) is 26.8 Å². The first-order chi connectivity index (χ1) is 15.3. The van der Waals surface area contributed by atoms with Crippen LogP contribution < -0.4 is 10.6 Å². The predicted molar refractivity (Wildman–Crippen MR) is 120 cm³/mol. The zero-order valence-electron chi connectivity index (χ0n) is 18.2. The van der Waals surface area contributed by atoms with Gasteiger partial charge in [0.25, 0.3) is 5.91 Å². The van der Waals surface area contributed by atoms with Gasteiger partial charge in [0.15, 0.2) is 12.3 Å². The Bertz CT molecular complexity index is 1170. The van der Waals surface area contributed by atoms with E-state index in [1.807, 2.05) is 45.0 Å². The average Bonchev–Trinajstić information content (AvgIpc) is 3.20. The van der Waals surface area contributed by atoms with Gasteiger partial charge >= 0.3 is 12.0 Å². The van der Waals surface area contributed by atoms with E-state index in [1.54, 1.807) is 16.9 Å². The lowest BCUT2D eigenvalue weighted by atomic mass is 10.1. The van der Waals surface area contributed by atoms with E-state index < -0.39 is 24.5 Å². The third-order valence-corrected chi connectivity index (χ3v) is 4.62. The SMILES string of the molecule is C=CCNC(=O)NC(=O)COC(=O)c1cc(-c2ccc(C)cc2)nc2c1cnn2C(C)C. The van der Waals surface area contributed by atoms with Crippen molar-refractivity contribution in [2.24, 2.45) is 0 Å². The molecule has 166 valence electrons. The summed E-state index contributed by atoms with van der Waals surface area (Å²) in [4.78, 5) is 41.0. The molecular formula is C23H25N5O4. The molecule has 0 saturated heterocycles. The minimum atomic E-state index is -0.748. The fraction of sp³-hybridized carbons (Fsp3) is 0.261. The molecule has 1 aromatic carbocycles. The minimum absolute atomic E-state index is 0.0250. The molecule has 0 fully saturated rings. The summed E-state index contributed by atoms with van der Waals surface area (Å²) in [5.41, 5.74) is 3.30. The highest BCUT2D eigenvalue weighted by atomic mass is 16.5. The lowest BCUT2D eigenvalue weighted by Crippen LogP contribution is -2.41. The summed E-state index contributed by atoms with van der Waals surface area (Å²) in [6, 6.07) is 8.71. The maximum absolute atomic E-state index is 12.9. The highest BCUT2D eigenvalue weighted by Gasteiger charge is 2.20. The summed E-state index contributed by atoms with van der Waals surface area (Å²) in [5, 5.41) is 9.35. The number of aryl methyl sites for hydroxylation is 1. The minimum Gasteiger partial charge on any atom is -0.452 e. The molecule has 0 unspecified atom stereocenters. The summed E-state index contributed by atoms with van der Waals surface area (Å²) in [6.07, 6.45) is 3.03. The first-order valence-corrected chi connectivity index (χ1v) is 10.1. The first-order valence-electron chi connectivity index (χ1n) is 10.1. The van der Waals surface area contributed by atoms with Crippen LogP contribution in [0.15, 0.2) is 49.2 Å². The summed E-state index contributed by atoms with van der Waals surface area (Å²) in [7, 11) is 0. The van der Waals surface area contributed by atoms with Crippen molar-refractivity contribution in [2.75, 3.05) is 13.2 Å². The van der Waals surface area contributed by atoms with Crippen molar-refractivity contribution >= 4 is 28.9 Å². The van der Waals surface area contributed by atoms with Crippen LogP contribution >= 0.6 is 0 Å². The van der Waals surface area contributed by atoms with E-state index >= 15 is 0 Å². The topological polar surface area (TPSA) is 115 Å². The second kappa shape index (κ2) is 9.86. The van der Waals surface area contributed by atoms with Gasteiger partial charge in [0, 0.05) is 18.2 Å². The summed E-state index contributed by atoms with van der Waals surface area (Å²) < 4.78 is 6.89. The Hall–Kier alpha value is -4.01. The first kappa shape index (κ1) is 22.7. The van der Waals surface area contributed by atoms with Crippen molar-refractivity contribution in [1.29, 1.82) is 0 Å². The molecule has 0 aliphatic heterocycles. The van der Waals surface area contributed by atoms with Crippen LogP contribution in [0.3, 0.4) is 0 Å². The van der Waals surface area contributed by atoms with Crippen LogP contribution in [0.1, 0.15) is 35.8 Å². The molecule has 0 radical (unpaired) electrons. The summed E-state index contributed by atoms with van der Waals surface area (Å²) >= 11 is 0. The molecule has 0 aliphatic carbocycles. The predicted octanol–water partition coefficient (Wildman–Crippen LogP) is 3.16. The number of aromatic nitrogens is 3. The number of esters is 1. The second-order valence-corrected chi connectivity index (χ2v) is 7.46. The molecule has 3 amide bonds. The van der Waals surface area contributed by atoms with Crippen LogP contribution in [0.4, 0.5) is 4.79 Å². The van der Waals surface area contributed by atoms with Crippen LogP contribution in [0, 0.1) is 6.92 Å². The van der Waals surface area contributed by atoms with Gasteiger partial charge in [-0.2, -0.15) is 5.10 Å². The van der Waals surface area contributed by atoms with Crippen LogP contribution in [0.5, 0.6) is 0 Å². The molecule has 2 heterocycles. The number of ether oxygens (including phenoxy) is 1. The molecule has 32 heavy (non-hydrogen) atoms. The molecule has 0 bridgehead atoms. The van der Waals surface area contributed by atoms with Crippen LogP contribution in [-0.4, -0.2) is 45.8 Å². The van der Waals surface area contributed by atoms with E-state index in [1.165, 1.54) is 6.08 Å². The number of amides is 3. The van der Waals surface area contributed by atoms with Gasteiger partial charge in [0.2, 0.25) is 0 Å². The molecule has 3 aromatic rings. The molecule has 9 heteroatoms. The average molecular weight is 435 g/mol. The zero-order valence-corrected chi connectivity index (χ0v) is 18.2. The number of imide groups is 1. The number of fused-ring (bicyclic) bond motifs is 1. The van der Waals surface area contributed by atoms with Crippen molar-refractivity contribution in [1.82, 2.24) is 25.4 Å². The molecule has 2 aromatic heterocycles. The van der Waals surface area contributed by atoms with Crippen molar-refractivity contribution in [3.8, 4) is 11.3 Å². The van der Waals surface area contributed by atoms with Gasteiger partial charge in [-0.15, -0.1) is 6.58 Å². The van der Waals surface area contributed by atoms with Gasteiger partial charge in [-0.1, -0.05) is 35.9 Å². The Kier molecular flexibility index (Phi) is 6.99. The van der Waals surface area contributed by atoms with Gasteiger partial charge in [0.1, 0.15) is 0 Å². The van der Waals surface area contributed by atoms with Gasteiger partial charge in [0.05, 0.1) is 22.8 Å². The van der Waals surface area contributed by atoms with Crippen LogP contribution in [-0.2, 0) is 9.53 Å². The molecule has 0 spiro atoms. The Labute approximate surface area is 185 Å². The van der Waals surface area contributed by atoms with E-state index in [0.717, 1.165) is 11.1 Å².